The predicted molar refractivity (Wildman–Crippen MR) is 187 cm³/mol. The zero-order chi connectivity index (χ0) is 29.5. The highest BCUT2D eigenvalue weighted by Crippen LogP contribution is 2.69. The fraction of sp³-hybridized carbons (Fsp3) is 0.0789. The van der Waals surface area contributed by atoms with Gasteiger partial charge in [0.1, 0.15) is 4.75 Å². The molecule has 0 atom stereocenters. The largest absolute Gasteiger partial charge is 0.308 e. The number of allylic oxidation sites excluding steroid dienone is 2. The van der Waals surface area contributed by atoms with E-state index in [1.807, 2.05) is 13.0 Å². The molecule has 0 bridgehead atoms. The van der Waals surface area contributed by atoms with Gasteiger partial charge in [0.05, 0.1) is 18.6 Å². The molecule has 0 heterocycles. The van der Waals surface area contributed by atoms with Crippen LogP contribution in [-0.4, -0.2) is 11.1 Å². The highest BCUT2D eigenvalue weighted by Gasteiger charge is 2.51. The van der Waals surface area contributed by atoms with Crippen molar-refractivity contribution in [1.29, 1.82) is 0 Å². The lowest BCUT2D eigenvalue weighted by molar-refractivity contribution is 0.274. The highest BCUT2D eigenvalue weighted by atomic mass is 33.1. The lowest BCUT2D eigenvalue weighted by Crippen LogP contribution is -2.24. The molecule has 0 aromatic heterocycles. The first kappa shape index (κ1) is 29.3. The minimum absolute atomic E-state index is 0.0867. The van der Waals surface area contributed by atoms with Crippen molar-refractivity contribution in [3.05, 3.63) is 179 Å². The molecule has 0 N–H and O–H groups in total. The van der Waals surface area contributed by atoms with E-state index in [0.717, 1.165) is 51.0 Å². The Morgan fingerprint density at radius 1 is 0.558 bits per heavy atom. The molecule has 212 valence electrons. The number of carbonyl (C=O) groups is 1. The van der Waals surface area contributed by atoms with Crippen LogP contribution in [0.25, 0.3) is 22.3 Å². The number of hydrogen-bond acceptors (Lipinski definition) is 5. The van der Waals surface area contributed by atoms with Crippen LogP contribution >= 0.6 is 33.6 Å². The fourth-order valence-corrected chi connectivity index (χ4v) is 9.15. The van der Waals surface area contributed by atoms with Crippen LogP contribution in [0.5, 0.6) is 0 Å². The minimum atomic E-state index is -0.743. The molecule has 0 spiro atoms. The molecule has 5 aromatic rings. The lowest BCUT2D eigenvalue weighted by Gasteiger charge is -2.36. The van der Waals surface area contributed by atoms with Gasteiger partial charge in [-0.05, 0) is 67.8 Å². The zero-order valence-electron chi connectivity index (χ0n) is 23.7. The monoisotopic (exact) mass is 614 g/mol. The summed E-state index contributed by atoms with van der Waals surface area (Å²) in [4.78, 5) is 13.3. The van der Waals surface area contributed by atoms with E-state index in [9.17, 15) is 4.79 Å². The summed E-state index contributed by atoms with van der Waals surface area (Å²) in [6.45, 7) is 2.36. The van der Waals surface area contributed by atoms with Gasteiger partial charge in [0.25, 0.3) is 4.45 Å². The maximum absolute atomic E-state index is 13.3. The van der Waals surface area contributed by atoms with Crippen molar-refractivity contribution in [2.45, 2.75) is 11.7 Å². The van der Waals surface area contributed by atoms with E-state index in [2.05, 4.69) is 146 Å². The van der Waals surface area contributed by atoms with Crippen LogP contribution in [0.3, 0.4) is 0 Å². The molecular weight excluding hydrogens is 585 g/mol. The summed E-state index contributed by atoms with van der Waals surface area (Å²) >= 11 is 0.913. The van der Waals surface area contributed by atoms with E-state index in [1.165, 1.54) is 21.9 Å². The van der Waals surface area contributed by atoms with Gasteiger partial charge in [-0.2, -0.15) is 0 Å². The molecule has 0 saturated carbocycles. The van der Waals surface area contributed by atoms with E-state index in [1.54, 1.807) is 10.8 Å². The van der Waals surface area contributed by atoms with E-state index in [-0.39, 0.29) is 4.45 Å². The Kier molecular flexibility index (Phi) is 9.35. The highest BCUT2D eigenvalue weighted by molar-refractivity contribution is 8.86. The van der Waals surface area contributed by atoms with Crippen LogP contribution in [0.1, 0.15) is 34.7 Å². The first-order valence-electron chi connectivity index (χ1n) is 14.2. The van der Waals surface area contributed by atoms with Gasteiger partial charge in [-0.25, -0.2) is 0 Å². The van der Waals surface area contributed by atoms with Crippen LogP contribution in [0.15, 0.2) is 152 Å². The van der Waals surface area contributed by atoms with Gasteiger partial charge in [0, 0.05) is 0 Å². The lowest BCUT2D eigenvalue weighted by atomic mass is 9.80. The molecule has 0 saturated heterocycles. The normalized spacial score (nSPS) is 14.3. The summed E-state index contributed by atoms with van der Waals surface area (Å²) in [6.07, 6.45) is 0. The summed E-state index contributed by atoms with van der Waals surface area (Å²) < 4.78 is 4.63. The number of hydrogen-bond donors (Lipinski definition) is 0. The van der Waals surface area contributed by atoms with Gasteiger partial charge >= 0.3 is 0 Å². The smallest absolute Gasteiger partial charge is 0.283 e. The Labute approximate surface area is 265 Å². The van der Waals surface area contributed by atoms with E-state index in [0.29, 0.717) is 6.61 Å². The molecule has 43 heavy (non-hydrogen) atoms. The molecule has 0 fully saturated rings. The Morgan fingerprint density at radius 2 is 0.930 bits per heavy atom. The van der Waals surface area contributed by atoms with Gasteiger partial charge in [-0.1, -0.05) is 162 Å². The Hall–Kier alpha value is -3.74. The molecular formula is C38H30O2S3. The van der Waals surface area contributed by atoms with Crippen molar-refractivity contribution in [3.63, 3.8) is 0 Å². The number of carbonyl (C=O) groups excluding carboxylic acids is 1. The third-order valence-electron chi connectivity index (χ3n) is 7.36. The second-order valence-corrected chi connectivity index (χ2v) is 13.3. The van der Waals surface area contributed by atoms with Gasteiger partial charge in [-0.3, -0.25) is 4.79 Å². The standard InChI is InChI=1S/C38H30O2S3/c1-2-40-41-37(39)42-43-38(32-26-16-7-17-27-32)35(30-22-12-5-13-23-30)33(28-18-8-3-9-19-28)34(29-20-10-4-11-21-29)36(38)31-24-14-6-15-25-31/h3-27H,2H2,1H3. The average Bonchev–Trinajstić information content (AvgIpc) is 3.40. The third kappa shape index (κ3) is 5.91. The Morgan fingerprint density at radius 3 is 1.33 bits per heavy atom. The molecule has 5 heteroatoms. The van der Waals surface area contributed by atoms with Crippen molar-refractivity contribution < 1.29 is 8.98 Å². The molecule has 0 aliphatic heterocycles. The van der Waals surface area contributed by atoms with Crippen LogP contribution in [0, 0.1) is 0 Å². The van der Waals surface area contributed by atoms with E-state index in [4.69, 9.17) is 4.18 Å². The van der Waals surface area contributed by atoms with Gasteiger partial charge in [0.2, 0.25) is 0 Å². The maximum Gasteiger partial charge on any atom is 0.283 e. The Bertz CT molecular complexity index is 1640. The second kappa shape index (κ2) is 13.7. The Balaban J connectivity index is 1.78. The van der Waals surface area contributed by atoms with E-state index >= 15 is 0 Å². The molecule has 2 nitrogen and oxygen atoms in total. The summed E-state index contributed by atoms with van der Waals surface area (Å²) in [5.41, 5.74) is 10.3. The minimum Gasteiger partial charge on any atom is -0.308 e. The van der Waals surface area contributed by atoms with Crippen LogP contribution in [0.2, 0.25) is 0 Å². The molecule has 0 amide bonds. The summed E-state index contributed by atoms with van der Waals surface area (Å²) in [6, 6.07) is 53.1. The average molecular weight is 615 g/mol. The van der Waals surface area contributed by atoms with Crippen LogP contribution in [0.4, 0.5) is 4.79 Å². The van der Waals surface area contributed by atoms with Crippen LogP contribution in [-0.2, 0) is 8.93 Å². The SMILES string of the molecule is CCOSC(=O)SSC1(c2ccccc2)C(c2ccccc2)=C(c2ccccc2)C(c2ccccc2)=C1c1ccccc1. The molecule has 1 aliphatic rings. The first-order valence-corrected chi connectivity index (χ1v) is 17.1. The first-order chi connectivity index (χ1) is 21.2. The van der Waals surface area contributed by atoms with Crippen molar-refractivity contribution in [1.82, 2.24) is 0 Å². The maximum atomic E-state index is 13.3. The van der Waals surface area contributed by atoms with Crippen molar-refractivity contribution in [2.75, 3.05) is 6.61 Å². The molecule has 5 aromatic carbocycles. The summed E-state index contributed by atoms with van der Waals surface area (Å²) in [5.74, 6) is 0. The fourth-order valence-electron chi connectivity index (χ4n) is 5.73. The van der Waals surface area contributed by atoms with Crippen molar-refractivity contribution in [3.8, 4) is 0 Å². The second-order valence-electron chi connectivity index (χ2n) is 9.92. The summed E-state index contributed by atoms with van der Waals surface area (Å²) in [5, 5.41) is 0. The topological polar surface area (TPSA) is 26.3 Å². The van der Waals surface area contributed by atoms with Crippen molar-refractivity contribution in [2.24, 2.45) is 0 Å². The molecule has 0 unspecified atom stereocenters. The van der Waals surface area contributed by atoms with Crippen LogP contribution < -0.4 is 0 Å². The third-order valence-corrected chi connectivity index (χ3v) is 11.2. The number of benzene rings is 5. The van der Waals surface area contributed by atoms with Gasteiger partial charge in [0.15, 0.2) is 0 Å². The van der Waals surface area contributed by atoms with Crippen molar-refractivity contribution >= 4 is 60.4 Å². The predicted octanol–water partition coefficient (Wildman–Crippen LogP) is 11.3. The van der Waals surface area contributed by atoms with Gasteiger partial charge in [-0.15, -0.1) is 0 Å². The summed E-state index contributed by atoms with van der Waals surface area (Å²) in [7, 11) is 2.84. The molecule has 6 rings (SSSR count). The molecule has 1 aliphatic carbocycles. The number of rotatable bonds is 9. The molecule has 0 radical (unpaired) electrons. The van der Waals surface area contributed by atoms with E-state index < -0.39 is 4.75 Å². The quantitative estimate of drug-likeness (QED) is 0.122. The zero-order valence-corrected chi connectivity index (χ0v) is 26.1. The van der Waals surface area contributed by atoms with Gasteiger partial charge < -0.3 is 4.18 Å².